The van der Waals surface area contributed by atoms with E-state index in [0.29, 0.717) is 26.3 Å². The minimum atomic E-state index is -0.348. The molecule has 0 atom stereocenters. The minimum Gasteiger partial charge on any atom is -0.486 e. The van der Waals surface area contributed by atoms with Gasteiger partial charge in [-0.15, -0.1) is 0 Å². The molecule has 1 amide bonds. The monoisotopic (exact) mass is 365 g/mol. The Balaban J connectivity index is 1.61. The van der Waals surface area contributed by atoms with Crippen molar-refractivity contribution in [2.45, 2.75) is 45.6 Å². The maximum Gasteiger partial charge on any atom is 0.233 e. The molecule has 1 aliphatic heterocycles. The van der Waals surface area contributed by atoms with Gasteiger partial charge in [0, 0.05) is 18.7 Å². The molecule has 4 nitrogen and oxygen atoms in total. The third-order valence-corrected chi connectivity index (χ3v) is 5.61. The number of rotatable bonds is 5. The van der Waals surface area contributed by atoms with Crippen molar-refractivity contribution in [3.05, 3.63) is 58.7 Å². The molecule has 1 fully saturated rings. The van der Waals surface area contributed by atoms with Gasteiger partial charge in [-0.05, 0) is 45.2 Å². The summed E-state index contributed by atoms with van der Waals surface area (Å²) >= 11 is 0. The number of aryl methyl sites for hydroxylation is 2. The van der Waals surface area contributed by atoms with Crippen LogP contribution >= 0.6 is 0 Å². The Morgan fingerprint density at radius 2 is 1.78 bits per heavy atom. The van der Waals surface area contributed by atoms with Gasteiger partial charge in [0.2, 0.25) is 5.91 Å². The highest BCUT2D eigenvalue weighted by Crippen LogP contribution is 2.50. The van der Waals surface area contributed by atoms with Crippen LogP contribution in [0.3, 0.4) is 0 Å². The van der Waals surface area contributed by atoms with Crippen LogP contribution in [-0.4, -0.2) is 30.6 Å². The van der Waals surface area contributed by atoms with Crippen molar-refractivity contribution in [3.63, 3.8) is 0 Å². The third kappa shape index (κ3) is 3.29. The van der Waals surface area contributed by atoms with E-state index >= 15 is 0 Å². The predicted molar refractivity (Wildman–Crippen MR) is 105 cm³/mol. The van der Waals surface area contributed by atoms with Crippen molar-refractivity contribution in [2.75, 3.05) is 19.8 Å². The SMILES string of the molecule is CCN(Cc1cccc2c1OCCO2)C(=O)C1(c2cc(C)cc(C)c2)CC1. The first-order valence-corrected chi connectivity index (χ1v) is 9.79. The van der Waals surface area contributed by atoms with Crippen LogP contribution in [0.4, 0.5) is 0 Å². The van der Waals surface area contributed by atoms with E-state index in [4.69, 9.17) is 9.47 Å². The van der Waals surface area contributed by atoms with Crippen molar-refractivity contribution < 1.29 is 14.3 Å². The van der Waals surface area contributed by atoms with E-state index in [1.807, 2.05) is 30.0 Å². The smallest absolute Gasteiger partial charge is 0.233 e. The fourth-order valence-corrected chi connectivity index (χ4v) is 4.10. The number of hydrogen-bond acceptors (Lipinski definition) is 3. The van der Waals surface area contributed by atoms with Gasteiger partial charge in [-0.2, -0.15) is 0 Å². The van der Waals surface area contributed by atoms with E-state index in [9.17, 15) is 4.79 Å². The van der Waals surface area contributed by atoms with Crippen LogP contribution in [0.15, 0.2) is 36.4 Å². The maximum atomic E-state index is 13.5. The van der Waals surface area contributed by atoms with Gasteiger partial charge in [0.25, 0.3) is 0 Å². The molecule has 0 aromatic heterocycles. The lowest BCUT2D eigenvalue weighted by Gasteiger charge is -2.29. The highest BCUT2D eigenvalue weighted by molar-refractivity contribution is 5.91. The number of nitrogens with zero attached hydrogens (tertiary/aromatic N) is 1. The molecule has 142 valence electrons. The van der Waals surface area contributed by atoms with Gasteiger partial charge in [0.05, 0.1) is 5.41 Å². The number of likely N-dealkylation sites (N-methyl/N-ethyl adjacent to an activating group) is 1. The topological polar surface area (TPSA) is 38.8 Å². The zero-order valence-electron chi connectivity index (χ0n) is 16.4. The molecule has 2 aliphatic rings. The van der Waals surface area contributed by atoms with Crippen LogP contribution in [0.5, 0.6) is 11.5 Å². The summed E-state index contributed by atoms with van der Waals surface area (Å²) in [6, 6.07) is 12.4. The van der Waals surface area contributed by atoms with Crippen LogP contribution in [-0.2, 0) is 16.8 Å². The summed E-state index contributed by atoms with van der Waals surface area (Å²) in [7, 11) is 0. The Hall–Kier alpha value is -2.49. The molecular weight excluding hydrogens is 338 g/mol. The lowest BCUT2D eigenvalue weighted by atomic mass is 9.91. The van der Waals surface area contributed by atoms with E-state index in [1.54, 1.807) is 0 Å². The van der Waals surface area contributed by atoms with Crippen LogP contribution in [0, 0.1) is 13.8 Å². The molecule has 1 heterocycles. The number of carbonyl (C=O) groups is 1. The Kier molecular flexibility index (Phi) is 4.58. The van der Waals surface area contributed by atoms with Gasteiger partial charge in [-0.3, -0.25) is 4.79 Å². The Morgan fingerprint density at radius 3 is 2.44 bits per heavy atom. The Bertz CT molecular complexity index is 850. The summed E-state index contributed by atoms with van der Waals surface area (Å²) in [5, 5.41) is 0. The molecule has 2 aromatic carbocycles. The lowest BCUT2D eigenvalue weighted by molar-refractivity contribution is -0.134. The number of amides is 1. The quantitative estimate of drug-likeness (QED) is 0.799. The number of benzene rings is 2. The van der Waals surface area contributed by atoms with Crippen LogP contribution in [0.2, 0.25) is 0 Å². The molecule has 0 bridgehead atoms. The first kappa shape index (κ1) is 17.9. The molecule has 4 rings (SSSR count). The van der Waals surface area contributed by atoms with Crippen LogP contribution < -0.4 is 9.47 Å². The highest BCUT2D eigenvalue weighted by Gasteiger charge is 2.53. The Labute approximate surface area is 161 Å². The Morgan fingerprint density at radius 1 is 1.07 bits per heavy atom. The van der Waals surface area contributed by atoms with Crippen molar-refractivity contribution in [1.82, 2.24) is 4.90 Å². The largest absolute Gasteiger partial charge is 0.486 e. The molecule has 0 radical (unpaired) electrons. The summed E-state index contributed by atoms with van der Waals surface area (Å²) in [4.78, 5) is 15.5. The number of ether oxygens (including phenoxy) is 2. The van der Waals surface area contributed by atoms with Crippen LogP contribution in [0.1, 0.15) is 42.0 Å². The van der Waals surface area contributed by atoms with E-state index in [2.05, 4.69) is 32.0 Å². The zero-order valence-corrected chi connectivity index (χ0v) is 16.4. The van der Waals surface area contributed by atoms with Gasteiger partial charge in [0.15, 0.2) is 11.5 Å². The van der Waals surface area contributed by atoms with E-state index in [-0.39, 0.29) is 11.3 Å². The molecular formula is C23H27NO3. The lowest BCUT2D eigenvalue weighted by Crippen LogP contribution is -2.39. The maximum absolute atomic E-state index is 13.5. The summed E-state index contributed by atoms with van der Waals surface area (Å²) < 4.78 is 11.5. The number of carbonyl (C=O) groups excluding carboxylic acids is 1. The number of hydrogen-bond donors (Lipinski definition) is 0. The minimum absolute atomic E-state index is 0.226. The van der Waals surface area contributed by atoms with E-state index in [1.165, 1.54) is 11.1 Å². The average molecular weight is 365 g/mol. The van der Waals surface area contributed by atoms with E-state index < -0.39 is 0 Å². The summed E-state index contributed by atoms with van der Waals surface area (Å²) in [6.45, 7) is 8.59. The average Bonchev–Trinajstić information content (AvgIpc) is 3.47. The standard InChI is InChI=1S/C23H27NO3/c1-4-24(15-18-6-5-7-20-21(18)27-11-10-26-20)22(25)23(8-9-23)19-13-16(2)12-17(3)14-19/h5-7,12-14H,4,8-11,15H2,1-3H3. The molecule has 27 heavy (non-hydrogen) atoms. The second kappa shape index (κ2) is 6.91. The molecule has 4 heteroatoms. The number of para-hydroxylation sites is 1. The zero-order chi connectivity index (χ0) is 19.0. The molecule has 0 unspecified atom stereocenters. The third-order valence-electron chi connectivity index (χ3n) is 5.61. The fraction of sp³-hybridized carbons (Fsp3) is 0.435. The van der Waals surface area contributed by atoms with Gasteiger partial charge < -0.3 is 14.4 Å². The van der Waals surface area contributed by atoms with Crippen molar-refractivity contribution in [2.24, 2.45) is 0 Å². The molecule has 0 N–H and O–H groups in total. The second-order valence-corrected chi connectivity index (χ2v) is 7.72. The number of fused-ring (bicyclic) bond motifs is 1. The van der Waals surface area contributed by atoms with Gasteiger partial charge in [-0.25, -0.2) is 0 Å². The van der Waals surface area contributed by atoms with Crippen molar-refractivity contribution in [3.8, 4) is 11.5 Å². The normalized spacial score (nSPS) is 16.7. The molecule has 0 saturated heterocycles. The van der Waals surface area contributed by atoms with Gasteiger partial charge in [-0.1, -0.05) is 41.5 Å². The molecule has 1 aliphatic carbocycles. The predicted octanol–water partition coefficient (Wildman–Crippen LogP) is 4.15. The van der Waals surface area contributed by atoms with Gasteiger partial charge in [0.1, 0.15) is 13.2 Å². The summed E-state index contributed by atoms with van der Waals surface area (Å²) in [5.41, 5.74) is 4.26. The first-order valence-electron chi connectivity index (χ1n) is 9.79. The first-order chi connectivity index (χ1) is 13.0. The second-order valence-electron chi connectivity index (χ2n) is 7.72. The molecule has 0 spiro atoms. The van der Waals surface area contributed by atoms with Crippen LogP contribution in [0.25, 0.3) is 0 Å². The van der Waals surface area contributed by atoms with Crippen molar-refractivity contribution in [1.29, 1.82) is 0 Å². The highest BCUT2D eigenvalue weighted by atomic mass is 16.6. The molecule has 1 saturated carbocycles. The molecule has 2 aromatic rings. The summed E-state index contributed by atoms with van der Waals surface area (Å²) in [6.07, 6.45) is 1.86. The van der Waals surface area contributed by atoms with E-state index in [0.717, 1.165) is 35.5 Å². The van der Waals surface area contributed by atoms with Crippen molar-refractivity contribution >= 4 is 5.91 Å². The fourth-order valence-electron chi connectivity index (χ4n) is 4.10. The summed E-state index contributed by atoms with van der Waals surface area (Å²) in [5.74, 6) is 1.79. The van der Waals surface area contributed by atoms with Gasteiger partial charge >= 0.3 is 0 Å².